The molecule has 0 aromatic carbocycles. The van der Waals surface area contributed by atoms with Crippen LogP contribution < -0.4 is 0 Å². The standard InChI is InChI=1S/C14H19BrN2O/c1-17(10-11-6-3-2-4-7-11)14(18)12-8-5-9-16-13(12)15/h5,8-9,11H,2-4,6-7,10H2,1H3. The lowest BCUT2D eigenvalue weighted by Crippen LogP contribution is -2.32. The molecule has 2 rings (SSSR count). The van der Waals surface area contributed by atoms with Gasteiger partial charge in [-0.15, -0.1) is 0 Å². The van der Waals surface area contributed by atoms with E-state index in [4.69, 9.17) is 0 Å². The van der Waals surface area contributed by atoms with Gasteiger partial charge >= 0.3 is 0 Å². The topological polar surface area (TPSA) is 33.2 Å². The van der Waals surface area contributed by atoms with Crippen molar-refractivity contribution < 1.29 is 4.79 Å². The Morgan fingerprint density at radius 1 is 1.44 bits per heavy atom. The molecule has 0 radical (unpaired) electrons. The van der Waals surface area contributed by atoms with Crippen molar-refractivity contribution in [3.63, 3.8) is 0 Å². The molecular weight excluding hydrogens is 292 g/mol. The minimum Gasteiger partial charge on any atom is -0.341 e. The summed E-state index contributed by atoms with van der Waals surface area (Å²) in [4.78, 5) is 18.2. The van der Waals surface area contributed by atoms with Gasteiger partial charge in [-0.05, 0) is 46.8 Å². The first-order valence-electron chi connectivity index (χ1n) is 6.54. The minimum absolute atomic E-state index is 0.0561. The van der Waals surface area contributed by atoms with Crippen molar-refractivity contribution in [3.05, 3.63) is 28.5 Å². The highest BCUT2D eigenvalue weighted by Crippen LogP contribution is 2.25. The fourth-order valence-electron chi connectivity index (χ4n) is 2.59. The van der Waals surface area contributed by atoms with Crippen LogP contribution in [0.2, 0.25) is 0 Å². The molecule has 1 aromatic rings. The largest absolute Gasteiger partial charge is 0.341 e. The molecular formula is C14H19BrN2O. The highest BCUT2D eigenvalue weighted by Gasteiger charge is 2.20. The average Bonchev–Trinajstić information content (AvgIpc) is 2.39. The molecule has 3 nitrogen and oxygen atoms in total. The van der Waals surface area contributed by atoms with Crippen LogP contribution >= 0.6 is 15.9 Å². The number of hydrogen-bond acceptors (Lipinski definition) is 2. The number of carbonyl (C=O) groups is 1. The fraction of sp³-hybridized carbons (Fsp3) is 0.571. The molecule has 0 N–H and O–H groups in total. The molecule has 0 bridgehead atoms. The molecule has 1 saturated carbocycles. The van der Waals surface area contributed by atoms with E-state index in [9.17, 15) is 4.79 Å². The Bertz CT molecular complexity index is 416. The number of rotatable bonds is 3. The highest BCUT2D eigenvalue weighted by atomic mass is 79.9. The average molecular weight is 311 g/mol. The molecule has 0 unspecified atom stereocenters. The van der Waals surface area contributed by atoms with Crippen LogP contribution in [-0.4, -0.2) is 29.4 Å². The van der Waals surface area contributed by atoms with Crippen molar-refractivity contribution in [3.8, 4) is 0 Å². The zero-order valence-electron chi connectivity index (χ0n) is 10.7. The van der Waals surface area contributed by atoms with Gasteiger partial charge in [0.15, 0.2) is 0 Å². The monoisotopic (exact) mass is 310 g/mol. The molecule has 0 atom stereocenters. The number of hydrogen-bond donors (Lipinski definition) is 0. The number of aromatic nitrogens is 1. The van der Waals surface area contributed by atoms with E-state index in [1.807, 2.05) is 18.0 Å². The Morgan fingerprint density at radius 3 is 2.83 bits per heavy atom. The predicted molar refractivity (Wildman–Crippen MR) is 75.5 cm³/mol. The van der Waals surface area contributed by atoms with Crippen molar-refractivity contribution in [2.75, 3.05) is 13.6 Å². The number of pyridine rings is 1. The molecule has 0 spiro atoms. The van der Waals surface area contributed by atoms with E-state index >= 15 is 0 Å². The summed E-state index contributed by atoms with van der Waals surface area (Å²) in [6.07, 6.45) is 8.16. The molecule has 1 aliphatic carbocycles. The van der Waals surface area contributed by atoms with Crippen molar-refractivity contribution in [1.29, 1.82) is 0 Å². The molecule has 1 fully saturated rings. The van der Waals surface area contributed by atoms with E-state index in [0.29, 0.717) is 16.1 Å². The van der Waals surface area contributed by atoms with Gasteiger partial charge in [0.2, 0.25) is 0 Å². The molecule has 0 saturated heterocycles. The van der Waals surface area contributed by atoms with E-state index in [-0.39, 0.29) is 5.91 Å². The Kier molecular flexibility index (Phi) is 4.75. The summed E-state index contributed by atoms with van der Waals surface area (Å²) in [5.41, 5.74) is 0.649. The van der Waals surface area contributed by atoms with Crippen LogP contribution in [-0.2, 0) is 0 Å². The Hall–Kier alpha value is -0.900. The van der Waals surface area contributed by atoms with Gasteiger partial charge < -0.3 is 4.90 Å². The number of halogens is 1. The van der Waals surface area contributed by atoms with Crippen LogP contribution in [0.3, 0.4) is 0 Å². The first-order chi connectivity index (χ1) is 8.68. The quantitative estimate of drug-likeness (QED) is 0.801. The third-order valence-electron chi connectivity index (χ3n) is 3.59. The second kappa shape index (κ2) is 6.32. The van der Waals surface area contributed by atoms with Gasteiger partial charge in [-0.1, -0.05) is 19.3 Å². The lowest BCUT2D eigenvalue weighted by atomic mass is 9.89. The zero-order valence-corrected chi connectivity index (χ0v) is 12.3. The summed E-state index contributed by atoms with van der Waals surface area (Å²) < 4.78 is 0.630. The molecule has 1 amide bonds. The van der Waals surface area contributed by atoms with E-state index in [2.05, 4.69) is 20.9 Å². The van der Waals surface area contributed by atoms with Gasteiger partial charge in [-0.3, -0.25) is 4.79 Å². The SMILES string of the molecule is CN(CC1CCCCC1)C(=O)c1cccnc1Br. The summed E-state index contributed by atoms with van der Waals surface area (Å²) in [7, 11) is 1.89. The molecule has 1 heterocycles. The maximum absolute atomic E-state index is 12.3. The second-order valence-corrected chi connectivity index (χ2v) is 5.78. The molecule has 1 aromatic heterocycles. The molecule has 1 aliphatic rings. The first kappa shape index (κ1) is 13.5. The van der Waals surface area contributed by atoms with Crippen LogP contribution in [0.15, 0.2) is 22.9 Å². The van der Waals surface area contributed by atoms with E-state index < -0.39 is 0 Å². The lowest BCUT2D eigenvalue weighted by Gasteiger charge is -2.27. The normalized spacial score (nSPS) is 16.6. The Labute approximate surface area is 117 Å². The van der Waals surface area contributed by atoms with Gasteiger partial charge in [0.05, 0.1) is 5.56 Å². The maximum Gasteiger partial charge on any atom is 0.256 e. The third kappa shape index (κ3) is 3.31. The van der Waals surface area contributed by atoms with Gasteiger partial charge in [0.25, 0.3) is 5.91 Å². The van der Waals surface area contributed by atoms with Gasteiger partial charge in [-0.2, -0.15) is 0 Å². The zero-order chi connectivity index (χ0) is 13.0. The summed E-state index contributed by atoms with van der Waals surface area (Å²) in [6, 6.07) is 3.61. The predicted octanol–water partition coefficient (Wildman–Crippen LogP) is 3.50. The minimum atomic E-state index is 0.0561. The number of carbonyl (C=O) groups excluding carboxylic acids is 1. The van der Waals surface area contributed by atoms with E-state index in [1.165, 1.54) is 32.1 Å². The first-order valence-corrected chi connectivity index (χ1v) is 7.34. The number of amides is 1. The molecule has 98 valence electrons. The smallest absolute Gasteiger partial charge is 0.256 e. The fourth-order valence-corrected chi connectivity index (χ4v) is 3.01. The lowest BCUT2D eigenvalue weighted by molar-refractivity contribution is 0.0759. The maximum atomic E-state index is 12.3. The van der Waals surface area contributed by atoms with Crippen molar-refractivity contribution >= 4 is 21.8 Å². The second-order valence-electron chi connectivity index (χ2n) is 5.03. The number of nitrogens with zero attached hydrogens (tertiary/aromatic N) is 2. The Morgan fingerprint density at radius 2 is 2.17 bits per heavy atom. The van der Waals surface area contributed by atoms with Crippen LogP contribution in [0.4, 0.5) is 0 Å². The van der Waals surface area contributed by atoms with Crippen molar-refractivity contribution in [2.24, 2.45) is 5.92 Å². The van der Waals surface area contributed by atoms with Crippen LogP contribution in [0.25, 0.3) is 0 Å². The third-order valence-corrected chi connectivity index (χ3v) is 4.22. The van der Waals surface area contributed by atoms with Crippen LogP contribution in [0.5, 0.6) is 0 Å². The summed E-state index contributed by atoms with van der Waals surface area (Å²) in [5.74, 6) is 0.726. The van der Waals surface area contributed by atoms with Gasteiger partial charge in [0.1, 0.15) is 4.60 Å². The molecule has 18 heavy (non-hydrogen) atoms. The van der Waals surface area contributed by atoms with E-state index in [1.54, 1.807) is 12.3 Å². The molecule has 0 aliphatic heterocycles. The molecule has 4 heteroatoms. The summed E-state index contributed by atoms with van der Waals surface area (Å²) >= 11 is 3.33. The summed E-state index contributed by atoms with van der Waals surface area (Å²) in [6.45, 7) is 0.861. The highest BCUT2D eigenvalue weighted by molar-refractivity contribution is 9.10. The Balaban J connectivity index is 1.98. The van der Waals surface area contributed by atoms with Crippen molar-refractivity contribution in [1.82, 2.24) is 9.88 Å². The van der Waals surface area contributed by atoms with Gasteiger partial charge in [0, 0.05) is 19.8 Å². The summed E-state index contributed by atoms with van der Waals surface area (Å²) in [5, 5.41) is 0. The van der Waals surface area contributed by atoms with E-state index in [0.717, 1.165) is 6.54 Å². The van der Waals surface area contributed by atoms with Crippen molar-refractivity contribution in [2.45, 2.75) is 32.1 Å². The van der Waals surface area contributed by atoms with Gasteiger partial charge in [-0.25, -0.2) is 4.98 Å². The van der Waals surface area contributed by atoms with Crippen LogP contribution in [0.1, 0.15) is 42.5 Å². The van der Waals surface area contributed by atoms with Crippen LogP contribution in [0, 0.1) is 5.92 Å².